The number of sulfonamides is 1. The van der Waals surface area contributed by atoms with Gasteiger partial charge in [-0.2, -0.15) is 9.57 Å². The van der Waals surface area contributed by atoms with Crippen LogP contribution in [0.25, 0.3) is 0 Å². The van der Waals surface area contributed by atoms with E-state index < -0.39 is 15.4 Å². The molecular formula is C16H20N2O3S. The molecule has 0 spiro atoms. The minimum absolute atomic E-state index is 0.0433. The minimum Gasteiger partial charge on any atom is -0.492 e. The number of rotatable bonds is 6. The van der Waals surface area contributed by atoms with Crippen molar-refractivity contribution in [2.45, 2.75) is 31.7 Å². The molecule has 1 aromatic carbocycles. The van der Waals surface area contributed by atoms with Crippen LogP contribution in [0.4, 0.5) is 0 Å². The highest BCUT2D eigenvalue weighted by atomic mass is 32.2. The molecule has 1 unspecified atom stereocenters. The maximum absolute atomic E-state index is 12.6. The van der Waals surface area contributed by atoms with Gasteiger partial charge in [0.15, 0.2) is 0 Å². The molecule has 1 saturated heterocycles. The van der Waals surface area contributed by atoms with Gasteiger partial charge in [-0.25, -0.2) is 8.42 Å². The molecule has 6 heteroatoms. The molecule has 1 saturated carbocycles. The van der Waals surface area contributed by atoms with Crippen molar-refractivity contribution in [3.05, 3.63) is 30.3 Å². The molecule has 118 valence electrons. The van der Waals surface area contributed by atoms with Crippen LogP contribution in [0, 0.1) is 16.7 Å². The Balaban J connectivity index is 1.64. The average molecular weight is 320 g/mol. The lowest BCUT2D eigenvalue weighted by Crippen LogP contribution is -2.41. The third-order valence-electron chi connectivity index (χ3n) is 4.42. The smallest absolute Gasteiger partial charge is 0.216 e. The predicted octanol–water partition coefficient (Wildman–Crippen LogP) is 2.16. The number of benzene rings is 1. The monoisotopic (exact) mass is 320 g/mol. The van der Waals surface area contributed by atoms with Crippen molar-refractivity contribution >= 4 is 10.0 Å². The Bertz CT molecular complexity index is 662. The number of para-hydroxylation sites is 1. The summed E-state index contributed by atoms with van der Waals surface area (Å²) in [4.78, 5) is 0. The van der Waals surface area contributed by atoms with Gasteiger partial charge in [-0.15, -0.1) is 0 Å². The molecule has 3 rings (SSSR count). The van der Waals surface area contributed by atoms with E-state index >= 15 is 0 Å². The lowest BCUT2D eigenvalue weighted by atomic mass is 10.2. The Morgan fingerprint density at radius 1 is 1.32 bits per heavy atom. The lowest BCUT2D eigenvalue weighted by molar-refractivity contribution is 0.232. The van der Waals surface area contributed by atoms with Crippen LogP contribution in [0.15, 0.2) is 30.3 Å². The summed E-state index contributed by atoms with van der Waals surface area (Å²) >= 11 is 0. The number of ether oxygens (including phenoxy) is 1. The summed E-state index contributed by atoms with van der Waals surface area (Å²) in [5.74, 6) is 0.709. The zero-order chi connectivity index (χ0) is 15.6. The quantitative estimate of drug-likeness (QED) is 0.805. The third-order valence-corrected chi connectivity index (χ3v) is 6.53. The van der Waals surface area contributed by atoms with Crippen LogP contribution in [0.3, 0.4) is 0 Å². The molecule has 2 aliphatic rings. The maximum Gasteiger partial charge on any atom is 0.216 e. The van der Waals surface area contributed by atoms with E-state index in [1.165, 1.54) is 0 Å². The second kappa shape index (κ2) is 5.90. The SMILES string of the molecule is N#CC1(CS(=O)(=O)N2CCCC2COc2ccccc2)CC1. The first-order valence-electron chi connectivity index (χ1n) is 7.63. The zero-order valence-corrected chi connectivity index (χ0v) is 13.3. The van der Waals surface area contributed by atoms with Gasteiger partial charge in [0.25, 0.3) is 0 Å². The first-order chi connectivity index (χ1) is 10.5. The van der Waals surface area contributed by atoms with Gasteiger partial charge in [-0.1, -0.05) is 18.2 Å². The molecule has 1 heterocycles. The van der Waals surface area contributed by atoms with Crippen molar-refractivity contribution in [1.82, 2.24) is 4.31 Å². The minimum atomic E-state index is -3.39. The molecule has 2 fully saturated rings. The molecular weight excluding hydrogens is 300 g/mol. The van der Waals surface area contributed by atoms with Crippen molar-refractivity contribution < 1.29 is 13.2 Å². The lowest BCUT2D eigenvalue weighted by Gasteiger charge is -2.25. The van der Waals surface area contributed by atoms with Gasteiger partial charge < -0.3 is 4.74 Å². The molecule has 1 aliphatic heterocycles. The number of hydrogen-bond donors (Lipinski definition) is 0. The molecule has 0 radical (unpaired) electrons. The fourth-order valence-corrected chi connectivity index (χ4v) is 5.17. The fourth-order valence-electron chi connectivity index (χ4n) is 2.92. The second-order valence-corrected chi connectivity index (χ2v) is 8.10. The van der Waals surface area contributed by atoms with Gasteiger partial charge in [0, 0.05) is 6.54 Å². The van der Waals surface area contributed by atoms with E-state index in [0.29, 0.717) is 26.0 Å². The van der Waals surface area contributed by atoms with Crippen LogP contribution in [-0.2, 0) is 10.0 Å². The standard InChI is InChI=1S/C16H20N2O3S/c17-12-16(8-9-16)13-22(19,20)18-10-4-5-14(18)11-21-15-6-2-1-3-7-15/h1-3,6-7,14H,4-5,8-11,13H2. The average Bonchev–Trinajstić information content (AvgIpc) is 3.11. The van der Waals surface area contributed by atoms with E-state index in [0.717, 1.165) is 18.6 Å². The van der Waals surface area contributed by atoms with Crippen LogP contribution in [-0.4, -0.2) is 37.7 Å². The van der Waals surface area contributed by atoms with E-state index in [9.17, 15) is 8.42 Å². The molecule has 1 atom stereocenters. The van der Waals surface area contributed by atoms with Gasteiger partial charge in [-0.05, 0) is 37.8 Å². The Morgan fingerprint density at radius 3 is 2.68 bits per heavy atom. The van der Waals surface area contributed by atoms with Gasteiger partial charge in [-0.3, -0.25) is 0 Å². The number of hydrogen-bond acceptors (Lipinski definition) is 4. The summed E-state index contributed by atoms with van der Waals surface area (Å²) in [6, 6.07) is 11.5. The summed E-state index contributed by atoms with van der Waals surface area (Å²) in [5.41, 5.74) is -0.633. The largest absolute Gasteiger partial charge is 0.492 e. The van der Waals surface area contributed by atoms with Crippen molar-refractivity contribution in [3.63, 3.8) is 0 Å². The predicted molar refractivity (Wildman–Crippen MR) is 82.7 cm³/mol. The Kier molecular flexibility index (Phi) is 4.11. The zero-order valence-electron chi connectivity index (χ0n) is 12.4. The highest BCUT2D eigenvalue weighted by Gasteiger charge is 2.49. The summed E-state index contributed by atoms with van der Waals surface area (Å²) in [6.45, 7) is 0.898. The molecule has 1 aromatic rings. The molecule has 0 N–H and O–H groups in total. The molecule has 0 amide bonds. The summed E-state index contributed by atoms with van der Waals surface area (Å²) < 4.78 is 32.4. The fraction of sp³-hybridized carbons (Fsp3) is 0.562. The topological polar surface area (TPSA) is 70.4 Å². The van der Waals surface area contributed by atoms with Crippen LogP contribution in [0.2, 0.25) is 0 Å². The van der Waals surface area contributed by atoms with Gasteiger partial charge in [0.05, 0.1) is 23.3 Å². The first kappa shape index (κ1) is 15.3. The summed E-state index contributed by atoms with van der Waals surface area (Å²) in [5, 5.41) is 9.12. The maximum atomic E-state index is 12.6. The van der Waals surface area contributed by atoms with Gasteiger partial charge in [0.1, 0.15) is 12.4 Å². The Hall–Kier alpha value is -1.58. The van der Waals surface area contributed by atoms with Crippen LogP contribution in [0.5, 0.6) is 5.75 Å². The highest BCUT2D eigenvalue weighted by molar-refractivity contribution is 7.89. The number of nitrogens with zero attached hydrogens (tertiary/aromatic N) is 2. The molecule has 1 aliphatic carbocycles. The third kappa shape index (κ3) is 3.26. The first-order valence-corrected chi connectivity index (χ1v) is 9.24. The van der Waals surface area contributed by atoms with Gasteiger partial charge in [0.2, 0.25) is 10.0 Å². The Morgan fingerprint density at radius 2 is 2.05 bits per heavy atom. The molecule has 5 nitrogen and oxygen atoms in total. The van der Waals surface area contributed by atoms with Crippen LogP contribution >= 0.6 is 0 Å². The van der Waals surface area contributed by atoms with Crippen LogP contribution < -0.4 is 4.74 Å². The van der Waals surface area contributed by atoms with E-state index in [1.807, 2.05) is 30.3 Å². The normalized spacial score (nSPS) is 23.9. The highest BCUT2D eigenvalue weighted by Crippen LogP contribution is 2.46. The van der Waals surface area contributed by atoms with Gasteiger partial charge >= 0.3 is 0 Å². The second-order valence-electron chi connectivity index (χ2n) is 6.18. The van der Waals surface area contributed by atoms with Crippen molar-refractivity contribution in [2.24, 2.45) is 5.41 Å². The van der Waals surface area contributed by atoms with Crippen LogP contribution in [0.1, 0.15) is 25.7 Å². The van der Waals surface area contributed by atoms with Crippen molar-refractivity contribution in [2.75, 3.05) is 18.9 Å². The summed E-state index contributed by atoms with van der Waals surface area (Å²) in [6.07, 6.45) is 3.05. The molecule has 22 heavy (non-hydrogen) atoms. The van der Waals surface area contributed by atoms with E-state index in [1.54, 1.807) is 4.31 Å². The molecule has 0 bridgehead atoms. The Labute approximate surface area is 131 Å². The summed E-state index contributed by atoms with van der Waals surface area (Å²) in [7, 11) is -3.39. The van der Waals surface area contributed by atoms with E-state index in [-0.39, 0.29) is 11.8 Å². The van der Waals surface area contributed by atoms with E-state index in [2.05, 4.69) is 6.07 Å². The van der Waals surface area contributed by atoms with E-state index in [4.69, 9.17) is 10.00 Å². The molecule has 0 aromatic heterocycles. The van der Waals surface area contributed by atoms with Crippen molar-refractivity contribution in [3.8, 4) is 11.8 Å². The number of nitriles is 1. The van der Waals surface area contributed by atoms with Crippen molar-refractivity contribution in [1.29, 1.82) is 5.26 Å².